The van der Waals surface area contributed by atoms with E-state index in [1.165, 1.54) is 89.9 Å². The molecule has 0 saturated heterocycles. The summed E-state index contributed by atoms with van der Waals surface area (Å²) in [5.41, 5.74) is 0. The van der Waals surface area contributed by atoms with Crippen molar-refractivity contribution >= 4 is 17.9 Å². The fourth-order valence-electron chi connectivity index (χ4n) is 6.98. The van der Waals surface area contributed by atoms with Gasteiger partial charge in [-0.15, -0.1) is 0 Å². The van der Waals surface area contributed by atoms with E-state index < -0.39 is 12.1 Å². The van der Waals surface area contributed by atoms with Crippen LogP contribution in [0, 0.1) is 0 Å². The monoisotopic (exact) mass is 953 g/mol. The number of unbranched alkanes of at least 4 members (excludes halogenated alkanes) is 15. The Labute approximate surface area is 424 Å². The van der Waals surface area contributed by atoms with Crippen LogP contribution in [0.1, 0.15) is 226 Å². The second-order valence-corrected chi connectivity index (χ2v) is 17.7. The standard InChI is InChI=1S/C63H100O6/c1-4-7-10-13-16-19-22-25-28-30-31-33-36-39-42-45-48-51-54-57-63(66)69-60(58-67-61(64)55-52-49-46-43-40-37-34-27-24-21-18-15-12-9-6-3)59-68-62(65)56-53-50-47-44-41-38-35-32-29-26-23-20-17-14-11-8-5-2/h8,11,16-17,19-21,24-26,28-29,31,33,35,38-39,42,44,47-48,51,60H,4-7,9-10,12-15,18,22-23,27,30,32,34,36-37,40-41,43,45-46,49-50,52-59H2,1-3H3/b11-8-,19-16-,20-17-,24-21-,28-25-,29-26-,33-31-,38-35-,42-39-,47-44-,51-48-/t60-/m0/s1. The van der Waals surface area contributed by atoms with Gasteiger partial charge in [-0.3, -0.25) is 14.4 Å². The van der Waals surface area contributed by atoms with Gasteiger partial charge in [0, 0.05) is 19.3 Å². The Morgan fingerprint density at radius 2 is 0.609 bits per heavy atom. The van der Waals surface area contributed by atoms with Crippen molar-refractivity contribution in [3.8, 4) is 0 Å². The molecule has 0 heterocycles. The summed E-state index contributed by atoms with van der Waals surface area (Å²) in [6.45, 7) is 6.36. The molecular formula is C63H100O6. The zero-order valence-corrected chi connectivity index (χ0v) is 44.3. The Balaban J connectivity index is 4.62. The van der Waals surface area contributed by atoms with E-state index in [1.807, 2.05) is 12.2 Å². The van der Waals surface area contributed by atoms with Gasteiger partial charge in [0.05, 0.1) is 0 Å². The molecule has 0 unspecified atom stereocenters. The van der Waals surface area contributed by atoms with Crippen LogP contribution in [0.25, 0.3) is 0 Å². The van der Waals surface area contributed by atoms with E-state index in [0.717, 1.165) is 83.5 Å². The van der Waals surface area contributed by atoms with E-state index >= 15 is 0 Å². The summed E-state index contributed by atoms with van der Waals surface area (Å²) in [5, 5.41) is 0. The molecule has 69 heavy (non-hydrogen) atoms. The molecule has 0 fully saturated rings. The molecule has 0 aliphatic heterocycles. The van der Waals surface area contributed by atoms with Crippen molar-refractivity contribution in [3.63, 3.8) is 0 Å². The lowest BCUT2D eigenvalue weighted by Crippen LogP contribution is -2.30. The van der Waals surface area contributed by atoms with Gasteiger partial charge in [0.1, 0.15) is 13.2 Å². The fraction of sp³-hybridized carbons (Fsp3) is 0.603. The number of esters is 3. The van der Waals surface area contributed by atoms with Gasteiger partial charge in [-0.05, 0) is 122 Å². The first-order valence-electron chi connectivity index (χ1n) is 27.7. The molecule has 1 atom stereocenters. The van der Waals surface area contributed by atoms with E-state index in [2.05, 4.69) is 142 Å². The Bertz CT molecular complexity index is 1510. The quantitative estimate of drug-likeness (QED) is 0.0262. The molecule has 0 N–H and O–H groups in total. The Morgan fingerprint density at radius 3 is 1.04 bits per heavy atom. The van der Waals surface area contributed by atoms with Crippen molar-refractivity contribution in [3.05, 3.63) is 134 Å². The first-order valence-corrected chi connectivity index (χ1v) is 27.7. The molecule has 6 nitrogen and oxygen atoms in total. The second kappa shape index (κ2) is 56.1. The molecular weight excluding hydrogens is 853 g/mol. The van der Waals surface area contributed by atoms with E-state index in [1.54, 1.807) is 0 Å². The average molecular weight is 953 g/mol. The summed E-state index contributed by atoms with van der Waals surface area (Å²) < 4.78 is 16.7. The molecule has 0 radical (unpaired) electrons. The highest BCUT2D eigenvalue weighted by atomic mass is 16.6. The Morgan fingerprint density at radius 1 is 0.304 bits per heavy atom. The third-order valence-corrected chi connectivity index (χ3v) is 11.1. The number of rotatable bonds is 48. The van der Waals surface area contributed by atoms with Crippen molar-refractivity contribution in [1.29, 1.82) is 0 Å². The van der Waals surface area contributed by atoms with Gasteiger partial charge in [-0.25, -0.2) is 0 Å². The van der Waals surface area contributed by atoms with Gasteiger partial charge in [-0.1, -0.05) is 219 Å². The maximum absolute atomic E-state index is 12.8. The lowest BCUT2D eigenvalue weighted by Gasteiger charge is -2.18. The number of hydrogen-bond donors (Lipinski definition) is 0. The molecule has 0 spiro atoms. The van der Waals surface area contributed by atoms with Crippen LogP contribution in [-0.2, 0) is 28.6 Å². The SMILES string of the molecule is CC/C=C\C/C=C\C/C=C\C/C=C\C/C=C\CCCC(=O)OC[C@H](COC(=O)CCCCCCCCC/C=C\CCCCCC)OC(=O)CC/C=C\C/C=C\C/C=C\C/C=C\C/C=C\CCCCC. The molecule has 0 aliphatic carbocycles. The second-order valence-electron chi connectivity index (χ2n) is 17.7. The molecule has 6 heteroatoms. The Kier molecular flexibility index (Phi) is 52.5. The summed E-state index contributed by atoms with van der Waals surface area (Å²) >= 11 is 0. The van der Waals surface area contributed by atoms with Crippen molar-refractivity contribution in [1.82, 2.24) is 0 Å². The van der Waals surface area contributed by atoms with Gasteiger partial charge < -0.3 is 14.2 Å². The van der Waals surface area contributed by atoms with Crippen LogP contribution in [-0.4, -0.2) is 37.2 Å². The van der Waals surface area contributed by atoms with Gasteiger partial charge >= 0.3 is 17.9 Å². The van der Waals surface area contributed by atoms with Crippen LogP contribution < -0.4 is 0 Å². The van der Waals surface area contributed by atoms with Crippen molar-refractivity contribution in [2.24, 2.45) is 0 Å². The van der Waals surface area contributed by atoms with Crippen molar-refractivity contribution < 1.29 is 28.6 Å². The van der Waals surface area contributed by atoms with Gasteiger partial charge in [0.15, 0.2) is 6.10 Å². The Hall–Kier alpha value is -4.45. The van der Waals surface area contributed by atoms with Gasteiger partial charge in [-0.2, -0.15) is 0 Å². The normalized spacial score (nSPS) is 13.1. The first kappa shape index (κ1) is 64.5. The molecule has 0 rings (SSSR count). The van der Waals surface area contributed by atoms with E-state index in [9.17, 15) is 14.4 Å². The lowest BCUT2D eigenvalue weighted by atomic mass is 10.1. The zero-order valence-electron chi connectivity index (χ0n) is 44.3. The molecule has 0 aromatic carbocycles. The summed E-state index contributed by atoms with van der Waals surface area (Å²) in [4.78, 5) is 38.1. The largest absolute Gasteiger partial charge is 0.462 e. The highest BCUT2D eigenvalue weighted by Gasteiger charge is 2.19. The molecule has 388 valence electrons. The molecule has 0 aromatic rings. The van der Waals surface area contributed by atoms with Crippen molar-refractivity contribution in [2.75, 3.05) is 13.2 Å². The van der Waals surface area contributed by atoms with Crippen LogP contribution in [0.4, 0.5) is 0 Å². The lowest BCUT2D eigenvalue weighted by molar-refractivity contribution is -0.166. The minimum Gasteiger partial charge on any atom is -0.462 e. The predicted molar refractivity (Wildman–Crippen MR) is 297 cm³/mol. The number of allylic oxidation sites excluding steroid dienone is 22. The van der Waals surface area contributed by atoms with E-state index in [-0.39, 0.29) is 38.0 Å². The number of carbonyl (C=O) groups excluding carboxylic acids is 3. The van der Waals surface area contributed by atoms with Crippen LogP contribution in [0.5, 0.6) is 0 Å². The molecule has 0 aromatic heterocycles. The molecule has 0 aliphatic rings. The topological polar surface area (TPSA) is 78.9 Å². The minimum absolute atomic E-state index is 0.132. The fourth-order valence-corrected chi connectivity index (χ4v) is 6.98. The smallest absolute Gasteiger partial charge is 0.306 e. The number of hydrogen-bond acceptors (Lipinski definition) is 6. The highest BCUT2D eigenvalue weighted by Crippen LogP contribution is 2.12. The third-order valence-electron chi connectivity index (χ3n) is 11.1. The molecule has 0 bridgehead atoms. The maximum Gasteiger partial charge on any atom is 0.306 e. The maximum atomic E-state index is 12.8. The van der Waals surface area contributed by atoms with E-state index in [0.29, 0.717) is 19.3 Å². The summed E-state index contributed by atoms with van der Waals surface area (Å²) in [6, 6.07) is 0. The first-order chi connectivity index (χ1) is 34.0. The van der Waals surface area contributed by atoms with Crippen LogP contribution >= 0.6 is 0 Å². The van der Waals surface area contributed by atoms with E-state index in [4.69, 9.17) is 14.2 Å². The third kappa shape index (κ3) is 54.4. The van der Waals surface area contributed by atoms with Crippen LogP contribution in [0.3, 0.4) is 0 Å². The molecule has 0 amide bonds. The summed E-state index contributed by atoms with van der Waals surface area (Å²) in [7, 11) is 0. The number of carbonyl (C=O) groups is 3. The minimum atomic E-state index is -0.847. The number of ether oxygens (including phenoxy) is 3. The van der Waals surface area contributed by atoms with Gasteiger partial charge in [0.2, 0.25) is 0 Å². The highest BCUT2D eigenvalue weighted by molar-refractivity contribution is 5.71. The zero-order chi connectivity index (χ0) is 50.0. The average Bonchev–Trinajstić information content (AvgIpc) is 3.35. The van der Waals surface area contributed by atoms with Crippen LogP contribution in [0.2, 0.25) is 0 Å². The van der Waals surface area contributed by atoms with Gasteiger partial charge in [0.25, 0.3) is 0 Å². The predicted octanol–water partition coefficient (Wildman–Crippen LogP) is 18.6. The van der Waals surface area contributed by atoms with Crippen LogP contribution in [0.15, 0.2) is 134 Å². The van der Waals surface area contributed by atoms with Crippen molar-refractivity contribution in [2.45, 2.75) is 232 Å². The summed E-state index contributed by atoms with van der Waals surface area (Å²) in [6.07, 6.45) is 78.8. The summed E-state index contributed by atoms with van der Waals surface area (Å²) in [5.74, 6) is -1.09. The molecule has 0 saturated carbocycles.